The monoisotopic (exact) mass is 198 g/mol. The van der Waals surface area contributed by atoms with Crippen LogP contribution in [0.2, 0.25) is 0 Å². The molecule has 1 N–H and O–H groups in total. The summed E-state index contributed by atoms with van der Waals surface area (Å²) in [5.74, 6) is -1.19. The maximum atomic E-state index is 11.3. The molecule has 14 heavy (non-hydrogen) atoms. The molecule has 0 aromatic rings. The van der Waals surface area contributed by atoms with Crippen LogP contribution in [0.25, 0.3) is 0 Å². The van der Waals surface area contributed by atoms with E-state index >= 15 is 0 Å². The Balaban J connectivity index is 2.86. The van der Waals surface area contributed by atoms with E-state index in [0.29, 0.717) is 0 Å². The third kappa shape index (κ3) is 1.80. The van der Waals surface area contributed by atoms with Gasteiger partial charge in [-0.25, -0.2) is 9.69 Å². The number of nitrogens with zero attached hydrogens (tertiary/aromatic N) is 1. The summed E-state index contributed by atoms with van der Waals surface area (Å²) in [5, 5.41) is 2.01. The average Bonchev–Trinajstić information content (AvgIpc) is 2.10. The zero-order valence-electron chi connectivity index (χ0n) is 7.65. The number of carbonyl (C=O) groups excluding carboxylic acids is 3. The third-order valence-electron chi connectivity index (χ3n) is 1.74. The summed E-state index contributed by atoms with van der Waals surface area (Å²) < 4.78 is 4.83. The summed E-state index contributed by atoms with van der Waals surface area (Å²) in [7, 11) is 1.34. The minimum atomic E-state index is -0.837. The molecule has 6 nitrogen and oxygen atoms in total. The summed E-state index contributed by atoms with van der Waals surface area (Å²) in [4.78, 5) is 34.1. The van der Waals surface area contributed by atoms with Crippen LogP contribution in [-0.2, 0) is 14.3 Å². The molecule has 0 aliphatic carbocycles. The Morgan fingerprint density at radius 1 is 1.57 bits per heavy atom. The van der Waals surface area contributed by atoms with E-state index in [4.69, 9.17) is 4.74 Å². The number of hydrogen-bond acceptors (Lipinski definition) is 4. The molecule has 0 spiro atoms. The average molecular weight is 198 g/mol. The molecule has 0 bridgehead atoms. The zero-order valence-corrected chi connectivity index (χ0v) is 7.65. The molecule has 1 saturated heterocycles. The number of ether oxygens (including phenoxy) is 1. The van der Waals surface area contributed by atoms with Crippen molar-refractivity contribution in [3.63, 3.8) is 0 Å². The van der Waals surface area contributed by atoms with Crippen molar-refractivity contribution in [1.82, 2.24) is 10.2 Å². The quantitative estimate of drug-likeness (QED) is 0.495. The van der Waals surface area contributed by atoms with Gasteiger partial charge in [0, 0.05) is 7.11 Å². The second-order valence-electron chi connectivity index (χ2n) is 2.66. The van der Waals surface area contributed by atoms with Gasteiger partial charge in [0.15, 0.2) is 6.23 Å². The molecule has 1 fully saturated rings. The first-order chi connectivity index (χ1) is 6.60. The molecule has 4 amide bonds. The van der Waals surface area contributed by atoms with Crippen molar-refractivity contribution in [2.24, 2.45) is 0 Å². The Labute approximate surface area is 80.5 Å². The standard InChI is InChI=1S/C8H10N2O4/c1-3-7(14-2)10-6(12)4-5(11)9-8(10)13/h3,7H,1,4H2,2H3,(H,9,11,13). The number of nitrogens with one attached hydrogen (secondary N) is 1. The molecule has 1 rings (SSSR count). The summed E-state index contributed by atoms with van der Waals surface area (Å²) in [6.07, 6.45) is 0.114. The lowest BCUT2D eigenvalue weighted by atomic mass is 10.3. The fourth-order valence-electron chi connectivity index (χ4n) is 1.12. The highest BCUT2D eigenvalue weighted by Crippen LogP contribution is 2.09. The van der Waals surface area contributed by atoms with Crippen molar-refractivity contribution in [2.45, 2.75) is 12.6 Å². The second kappa shape index (κ2) is 4.01. The van der Waals surface area contributed by atoms with Crippen LogP contribution in [0.15, 0.2) is 12.7 Å². The molecule has 0 aromatic heterocycles. The maximum absolute atomic E-state index is 11.3. The van der Waals surface area contributed by atoms with Crippen LogP contribution in [-0.4, -0.2) is 36.1 Å². The zero-order chi connectivity index (χ0) is 10.7. The maximum Gasteiger partial charge on any atom is 0.333 e. The van der Waals surface area contributed by atoms with Crippen molar-refractivity contribution < 1.29 is 19.1 Å². The van der Waals surface area contributed by atoms with E-state index < -0.39 is 24.1 Å². The van der Waals surface area contributed by atoms with Crippen LogP contribution in [0.1, 0.15) is 6.42 Å². The molecule has 1 aliphatic heterocycles. The van der Waals surface area contributed by atoms with Gasteiger partial charge in [0.2, 0.25) is 11.8 Å². The van der Waals surface area contributed by atoms with Crippen LogP contribution >= 0.6 is 0 Å². The first-order valence-electron chi connectivity index (χ1n) is 3.91. The predicted octanol–water partition coefficient (Wildman–Crippen LogP) is -0.387. The van der Waals surface area contributed by atoms with E-state index in [-0.39, 0.29) is 6.42 Å². The highest BCUT2D eigenvalue weighted by molar-refractivity contribution is 6.14. The number of carbonyl (C=O) groups is 3. The lowest BCUT2D eigenvalue weighted by Gasteiger charge is -2.29. The second-order valence-corrected chi connectivity index (χ2v) is 2.66. The first-order valence-corrected chi connectivity index (χ1v) is 3.91. The highest BCUT2D eigenvalue weighted by Gasteiger charge is 2.34. The van der Waals surface area contributed by atoms with Crippen molar-refractivity contribution >= 4 is 17.8 Å². The number of methoxy groups -OCH3 is 1. The van der Waals surface area contributed by atoms with E-state index in [0.717, 1.165) is 4.90 Å². The molecule has 0 saturated carbocycles. The fraction of sp³-hybridized carbons (Fsp3) is 0.375. The van der Waals surface area contributed by atoms with Gasteiger partial charge in [-0.1, -0.05) is 6.58 Å². The van der Waals surface area contributed by atoms with Gasteiger partial charge in [0.1, 0.15) is 6.42 Å². The van der Waals surface area contributed by atoms with E-state index in [2.05, 4.69) is 6.58 Å². The van der Waals surface area contributed by atoms with Crippen molar-refractivity contribution in [3.05, 3.63) is 12.7 Å². The van der Waals surface area contributed by atoms with Crippen LogP contribution in [0.4, 0.5) is 4.79 Å². The molecular formula is C8H10N2O4. The largest absolute Gasteiger partial charge is 0.357 e. The summed E-state index contributed by atoms with van der Waals surface area (Å²) >= 11 is 0. The van der Waals surface area contributed by atoms with Gasteiger partial charge < -0.3 is 4.74 Å². The van der Waals surface area contributed by atoms with Crippen LogP contribution in [0.5, 0.6) is 0 Å². The number of hydrogen-bond donors (Lipinski definition) is 1. The first kappa shape index (κ1) is 10.4. The number of imide groups is 2. The molecule has 0 radical (unpaired) electrons. The van der Waals surface area contributed by atoms with E-state index in [1.54, 1.807) is 0 Å². The van der Waals surface area contributed by atoms with Crippen molar-refractivity contribution in [2.75, 3.05) is 7.11 Å². The van der Waals surface area contributed by atoms with Gasteiger partial charge in [-0.05, 0) is 6.08 Å². The highest BCUT2D eigenvalue weighted by atomic mass is 16.5. The molecule has 76 valence electrons. The Morgan fingerprint density at radius 2 is 2.21 bits per heavy atom. The Bertz CT molecular complexity index is 280. The van der Waals surface area contributed by atoms with E-state index in [1.807, 2.05) is 5.32 Å². The lowest BCUT2D eigenvalue weighted by molar-refractivity contribution is -0.142. The SMILES string of the molecule is C=CC(OC)N1C(=O)CC(=O)NC1=O. The number of barbiturate groups is 1. The Hall–Kier alpha value is -1.69. The predicted molar refractivity (Wildman–Crippen MR) is 46.0 cm³/mol. The number of urea groups is 1. The fourth-order valence-corrected chi connectivity index (χ4v) is 1.12. The molecule has 1 heterocycles. The summed E-state index contributed by atoms with van der Waals surface area (Å²) in [5.41, 5.74) is 0. The molecular weight excluding hydrogens is 188 g/mol. The third-order valence-corrected chi connectivity index (χ3v) is 1.74. The normalized spacial score (nSPS) is 19.2. The summed E-state index contributed by atoms with van der Waals surface area (Å²) in [6.45, 7) is 3.41. The van der Waals surface area contributed by atoms with Crippen molar-refractivity contribution in [1.29, 1.82) is 0 Å². The molecule has 1 unspecified atom stereocenters. The van der Waals surface area contributed by atoms with Gasteiger partial charge in [0.05, 0.1) is 0 Å². The smallest absolute Gasteiger partial charge is 0.333 e. The van der Waals surface area contributed by atoms with Gasteiger partial charge in [-0.3, -0.25) is 14.9 Å². The van der Waals surface area contributed by atoms with E-state index in [9.17, 15) is 14.4 Å². The van der Waals surface area contributed by atoms with Gasteiger partial charge >= 0.3 is 6.03 Å². The van der Waals surface area contributed by atoms with Crippen LogP contribution in [0.3, 0.4) is 0 Å². The minimum absolute atomic E-state index is 0.348. The van der Waals surface area contributed by atoms with E-state index in [1.165, 1.54) is 13.2 Å². The Morgan fingerprint density at radius 3 is 2.64 bits per heavy atom. The van der Waals surface area contributed by atoms with Crippen LogP contribution < -0.4 is 5.32 Å². The topological polar surface area (TPSA) is 75.7 Å². The minimum Gasteiger partial charge on any atom is -0.357 e. The molecule has 6 heteroatoms. The van der Waals surface area contributed by atoms with Crippen molar-refractivity contribution in [3.8, 4) is 0 Å². The van der Waals surface area contributed by atoms with Gasteiger partial charge in [0.25, 0.3) is 0 Å². The molecule has 1 aliphatic rings. The van der Waals surface area contributed by atoms with Gasteiger partial charge in [-0.15, -0.1) is 0 Å². The van der Waals surface area contributed by atoms with Gasteiger partial charge in [-0.2, -0.15) is 0 Å². The Kier molecular flexibility index (Phi) is 2.98. The number of amides is 4. The summed E-state index contributed by atoms with van der Waals surface area (Å²) in [6, 6.07) is -0.780. The molecule has 1 atom stereocenters. The lowest BCUT2D eigenvalue weighted by Crippen LogP contribution is -2.56. The molecule has 0 aromatic carbocycles. The van der Waals surface area contributed by atoms with Crippen LogP contribution in [0, 0.1) is 0 Å². The number of rotatable bonds is 3.